The minimum atomic E-state index is 0. The van der Waals surface area contributed by atoms with E-state index < -0.39 is 0 Å². The smallest absolute Gasteiger partial charge is 0.119 e. The first kappa shape index (κ1) is 123. The lowest BCUT2D eigenvalue weighted by Gasteiger charge is -2.38. The zero-order valence-corrected chi connectivity index (χ0v) is 66.2. The normalized spacial score (nSPS) is 18.0. The molecule has 0 N–H and O–H groups in total. The highest BCUT2D eigenvalue weighted by atomic mass is 16.5. The Bertz CT molecular complexity index is 1220. The van der Waals surface area contributed by atoms with Crippen LogP contribution in [0.5, 0.6) is 5.75 Å². The minimum Gasteiger partial charge on any atom is -0.491 e. The van der Waals surface area contributed by atoms with E-state index in [1.54, 1.807) is 56.9 Å². The molecule has 7 atom stereocenters. The SMILES string of the molecule is C.C.C.C.CC.CC.CC.CC.CCCCC(C)OC.CCCCOC.COC1CC(C)CCC1C(C)C.COC1CC2CCC1(C)C2(C)C.COCC(C)C.COCC(C)C.COCC(C)C.COCC(C)C.COCC(C)C.COCCOc1ccccc1. The maximum atomic E-state index is 5.58. The first-order valence-electron chi connectivity index (χ1n) is 34.9. The molecule has 568 valence electrons. The number of hydrogen-bond acceptors (Lipinski definition) is 11. The van der Waals surface area contributed by atoms with E-state index >= 15 is 0 Å². The van der Waals surface area contributed by atoms with E-state index in [2.05, 4.69) is 132 Å². The lowest BCUT2D eigenvalue weighted by Crippen LogP contribution is -2.36. The molecule has 4 rings (SSSR count). The molecule has 7 unspecified atom stereocenters. The van der Waals surface area contributed by atoms with Gasteiger partial charge < -0.3 is 52.1 Å². The van der Waals surface area contributed by atoms with Gasteiger partial charge in [-0.25, -0.2) is 0 Å². The van der Waals surface area contributed by atoms with E-state index in [1.807, 2.05) is 99.9 Å². The van der Waals surface area contributed by atoms with Crippen molar-refractivity contribution in [1.29, 1.82) is 0 Å². The van der Waals surface area contributed by atoms with Crippen LogP contribution >= 0.6 is 0 Å². The molecule has 1 aromatic rings. The van der Waals surface area contributed by atoms with Gasteiger partial charge in [0, 0.05) is 111 Å². The summed E-state index contributed by atoms with van der Waals surface area (Å²) >= 11 is 0. The Morgan fingerprint density at radius 2 is 0.824 bits per heavy atom. The molecular formula is C80H182O11. The number of rotatable bonds is 24. The second kappa shape index (κ2) is 95.0. The number of benzene rings is 1. The molecule has 1 aromatic carbocycles. The summed E-state index contributed by atoms with van der Waals surface area (Å²) in [7, 11) is 17.5. The molecule has 0 radical (unpaired) electrons. The van der Waals surface area contributed by atoms with E-state index in [1.165, 1.54) is 70.6 Å². The fourth-order valence-electron chi connectivity index (χ4n) is 9.20. The Hall–Kier alpha value is -1.38. The van der Waals surface area contributed by atoms with Crippen LogP contribution in [0.15, 0.2) is 30.3 Å². The number of ether oxygens (including phenoxy) is 11. The molecule has 3 saturated carbocycles. The van der Waals surface area contributed by atoms with Crippen LogP contribution in [-0.4, -0.2) is 142 Å². The lowest BCUT2D eigenvalue weighted by molar-refractivity contribution is -0.0200. The Morgan fingerprint density at radius 1 is 0.451 bits per heavy atom. The zero-order chi connectivity index (χ0) is 70.3. The fourth-order valence-corrected chi connectivity index (χ4v) is 9.20. The van der Waals surface area contributed by atoms with Crippen LogP contribution in [-0.2, 0) is 47.4 Å². The predicted octanol–water partition coefficient (Wildman–Crippen LogP) is 24.4. The fraction of sp³-hybridized carbons (Fsp3) is 0.925. The monoisotopic (exact) mass is 1320 g/mol. The van der Waals surface area contributed by atoms with Crippen LogP contribution in [0.2, 0.25) is 0 Å². The molecule has 91 heavy (non-hydrogen) atoms. The van der Waals surface area contributed by atoms with Crippen LogP contribution in [0.3, 0.4) is 0 Å². The summed E-state index contributed by atoms with van der Waals surface area (Å²) in [5.41, 5.74) is 0.958. The highest BCUT2D eigenvalue weighted by molar-refractivity contribution is 5.20. The van der Waals surface area contributed by atoms with Crippen LogP contribution in [0.1, 0.15) is 287 Å². The standard InChI is InChI=1S/C11H20O.C11H22O.C9H12O2.C7H16O.6C5H12O.4C2H6.4CH4/c1-10(2)8-5-6-11(10,3)9(7-8)12-4;1-8(2)10-6-5-9(3)7-11(10)12-4;1-10-7-8-11-9-5-3-2-4-6-9;1-4-5-6-7(2)8-3;5*1-5(2)4-6-3;1-3-4-5-6-2;4*1-2;;;;/h8-9H,5-7H2,1-4H3;8-11H,5-7H2,1-4H3;2-6H,7-8H2,1H3;7H,4-6H2,1-3H3;5*5H,4H2,1-3H3;3-5H2,1-2H3;4*1-2H3;4*1H4. The summed E-state index contributed by atoms with van der Waals surface area (Å²) in [4.78, 5) is 0. The predicted molar refractivity (Wildman–Crippen MR) is 415 cm³/mol. The second-order valence-electron chi connectivity index (χ2n) is 24.9. The molecule has 0 aliphatic heterocycles. The average Bonchev–Trinajstić information content (AvgIpc) is 1.59. The number of fused-ring (bicyclic) bond motifs is 2. The Labute approximate surface area is 579 Å². The van der Waals surface area contributed by atoms with Gasteiger partial charge in [-0.15, -0.1) is 0 Å². The van der Waals surface area contributed by atoms with E-state index in [9.17, 15) is 0 Å². The quantitative estimate of drug-likeness (QED) is 0.0925. The van der Waals surface area contributed by atoms with Crippen molar-refractivity contribution in [2.45, 2.75) is 306 Å². The molecule has 11 nitrogen and oxygen atoms in total. The van der Waals surface area contributed by atoms with Gasteiger partial charge >= 0.3 is 0 Å². The molecule has 2 bridgehead atoms. The van der Waals surface area contributed by atoms with Gasteiger partial charge in [0.1, 0.15) is 12.4 Å². The number of para-hydroxylation sites is 1. The highest BCUT2D eigenvalue weighted by Crippen LogP contribution is 2.66. The summed E-state index contributed by atoms with van der Waals surface area (Å²) in [5.74, 6) is 7.63. The Balaban J connectivity index is -0.0000000601. The Kier molecular flexibility index (Phi) is 129. The number of methoxy groups -OCH3 is 10. The minimum absolute atomic E-state index is 0. The van der Waals surface area contributed by atoms with Crippen LogP contribution in [0.25, 0.3) is 0 Å². The second-order valence-corrected chi connectivity index (χ2v) is 24.9. The maximum absolute atomic E-state index is 5.58. The van der Waals surface area contributed by atoms with Crippen molar-refractivity contribution in [3.05, 3.63) is 30.3 Å². The first-order chi connectivity index (χ1) is 41.2. The Morgan fingerprint density at radius 3 is 1.04 bits per heavy atom. The van der Waals surface area contributed by atoms with Gasteiger partial charge in [0.2, 0.25) is 0 Å². The average molecular weight is 1320 g/mol. The summed E-state index contributed by atoms with van der Waals surface area (Å²) in [6, 6.07) is 9.71. The van der Waals surface area contributed by atoms with Gasteiger partial charge in [-0.05, 0) is 128 Å². The molecule has 3 aliphatic rings. The van der Waals surface area contributed by atoms with Crippen molar-refractivity contribution in [3.8, 4) is 5.75 Å². The third-order valence-corrected chi connectivity index (χ3v) is 14.1. The van der Waals surface area contributed by atoms with Crippen LogP contribution < -0.4 is 4.74 Å². The largest absolute Gasteiger partial charge is 0.491 e. The van der Waals surface area contributed by atoms with E-state index in [0.717, 1.165) is 69.1 Å². The number of unbranched alkanes of at least 4 members (excludes halogenated alkanes) is 2. The van der Waals surface area contributed by atoms with E-state index in [0.29, 0.717) is 71.9 Å². The molecule has 11 heteroatoms. The van der Waals surface area contributed by atoms with E-state index in [-0.39, 0.29) is 29.7 Å². The topological polar surface area (TPSA) is 102 Å². The van der Waals surface area contributed by atoms with Gasteiger partial charge in [0.15, 0.2) is 0 Å². The van der Waals surface area contributed by atoms with E-state index in [4.69, 9.17) is 52.1 Å². The number of hydrogen-bond donors (Lipinski definition) is 0. The van der Waals surface area contributed by atoms with Gasteiger partial charge in [-0.1, -0.05) is 254 Å². The van der Waals surface area contributed by atoms with Gasteiger partial charge in [0.25, 0.3) is 0 Å². The van der Waals surface area contributed by atoms with Crippen molar-refractivity contribution in [2.75, 3.05) is 124 Å². The molecule has 0 saturated heterocycles. The van der Waals surface area contributed by atoms with Crippen molar-refractivity contribution in [1.82, 2.24) is 0 Å². The van der Waals surface area contributed by atoms with Gasteiger partial charge in [-0.3, -0.25) is 0 Å². The van der Waals surface area contributed by atoms with Gasteiger partial charge in [-0.2, -0.15) is 0 Å². The van der Waals surface area contributed by atoms with Crippen LogP contribution in [0.4, 0.5) is 0 Å². The molecule has 0 aromatic heterocycles. The third-order valence-electron chi connectivity index (χ3n) is 14.1. The summed E-state index contributed by atoms with van der Waals surface area (Å²) < 4.78 is 55.1. The molecule has 0 heterocycles. The summed E-state index contributed by atoms with van der Waals surface area (Å²) in [6.07, 6.45) is 15.8. The zero-order valence-electron chi connectivity index (χ0n) is 66.2. The third kappa shape index (κ3) is 86.6. The van der Waals surface area contributed by atoms with Crippen LogP contribution in [0, 0.1) is 64.1 Å². The highest BCUT2D eigenvalue weighted by Gasteiger charge is 2.61. The molecule has 3 fully saturated rings. The van der Waals surface area contributed by atoms with Crippen molar-refractivity contribution in [2.24, 2.45) is 64.1 Å². The summed E-state index contributed by atoms with van der Waals surface area (Å²) in [5, 5.41) is 0. The maximum Gasteiger partial charge on any atom is 0.119 e. The van der Waals surface area contributed by atoms with Gasteiger partial charge in [0.05, 0.1) is 24.9 Å². The van der Waals surface area contributed by atoms with Crippen molar-refractivity contribution in [3.63, 3.8) is 0 Å². The van der Waals surface area contributed by atoms with Crippen molar-refractivity contribution >= 4 is 0 Å². The van der Waals surface area contributed by atoms with Crippen molar-refractivity contribution < 1.29 is 52.1 Å². The molecule has 0 spiro atoms. The molecule has 0 amide bonds. The molecule has 3 aliphatic carbocycles. The first-order valence-corrected chi connectivity index (χ1v) is 34.9. The lowest BCUT2D eigenvalue weighted by atomic mass is 9.70. The summed E-state index contributed by atoms with van der Waals surface area (Å²) in [6.45, 7) is 64.5. The molecular weight excluding hydrogens is 1140 g/mol.